The molecule has 8 nitrogen and oxygen atoms in total. The van der Waals surface area contributed by atoms with Gasteiger partial charge in [0, 0.05) is 23.7 Å². The summed E-state index contributed by atoms with van der Waals surface area (Å²) in [6, 6.07) is 15.8. The topological polar surface area (TPSA) is 102 Å². The molecular formula is C28H26N4O4. The van der Waals surface area contributed by atoms with E-state index in [-0.39, 0.29) is 36.0 Å². The number of hydrogen-bond donors (Lipinski definition) is 3. The quantitative estimate of drug-likeness (QED) is 0.513. The number of aromatic nitrogens is 1. The molecule has 0 bridgehead atoms. The number of nitrogens with zero attached hydrogens (tertiary/aromatic N) is 1. The summed E-state index contributed by atoms with van der Waals surface area (Å²) >= 11 is 0. The Labute approximate surface area is 208 Å². The largest absolute Gasteiger partial charge is 0.487 e. The average molecular weight is 483 g/mol. The molecule has 4 atom stereocenters. The Morgan fingerprint density at radius 3 is 2.92 bits per heavy atom. The Morgan fingerprint density at radius 1 is 1.06 bits per heavy atom. The molecule has 1 aromatic heterocycles. The molecule has 3 N–H and O–H groups in total. The van der Waals surface area contributed by atoms with Crippen LogP contribution in [0.4, 0.5) is 10.6 Å². The van der Waals surface area contributed by atoms with E-state index in [0.29, 0.717) is 30.2 Å². The standard InChI is InChI=1S/C28H26N4O4/c33-23-11-9-18-22(12-13-29-27(18)31-23)35-16-8-10-21-19(14-16)24-25(26(24)36-21)32-28(34)30-20-7-3-5-15-4-1-2-6-17(15)20/h1-2,4,6,8,10,12-14,20,24-26H,3,5,7,9,11H2,(H,29,31,33)(H2,30,32,34)/t20-,24+,25+,26+/m1/s1. The highest BCUT2D eigenvalue weighted by Crippen LogP contribution is 2.54. The Bertz CT molecular complexity index is 1390. The molecule has 3 amide bonds. The molecule has 4 aliphatic rings. The van der Waals surface area contributed by atoms with Gasteiger partial charge in [-0.1, -0.05) is 24.3 Å². The third-order valence-electron chi connectivity index (χ3n) is 7.63. The molecule has 0 saturated heterocycles. The summed E-state index contributed by atoms with van der Waals surface area (Å²) in [4.78, 5) is 28.8. The summed E-state index contributed by atoms with van der Waals surface area (Å²) < 4.78 is 12.3. The molecule has 2 aliphatic carbocycles. The summed E-state index contributed by atoms with van der Waals surface area (Å²) in [6.45, 7) is 0. The van der Waals surface area contributed by atoms with E-state index in [9.17, 15) is 9.59 Å². The highest BCUT2D eigenvalue weighted by atomic mass is 16.5. The zero-order valence-electron chi connectivity index (χ0n) is 19.6. The number of carbonyl (C=O) groups is 2. The van der Waals surface area contributed by atoms with E-state index in [0.717, 1.165) is 36.1 Å². The summed E-state index contributed by atoms with van der Waals surface area (Å²) in [7, 11) is 0. The van der Waals surface area contributed by atoms with Crippen LogP contribution in [0, 0.1) is 0 Å². The lowest BCUT2D eigenvalue weighted by Gasteiger charge is -2.26. The highest BCUT2D eigenvalue weighted by molar-refractivity contribution is 5.93. The second kappa shape index (κ2) is 8.26. The van der Waals surface area contributed by atoms with E-state index in [1.807, 2.05) is 30.3 Å². The Kier molecular flexibility index (Phi) is 4.87. The van der Waals surface area contributed by atoms with Crippen molar-refractivity contribution < 1.29 is 19.1 Å². The number of hydrogen-bond acceptors (Lipinski definition) is 5. The van der Waals surface area contributed by atoms with Gasteiger partial charge in [-0.05, 0) is 61.1 Å². The van der Waals surface area contributed by atoms with Crippen molar-refractivity contribution in [1.82, 2.24) is 15.6 Å². The van der Waals surface area contributed by atoms with Gasteiger partial charge < -0.3 is 25.4 Å². The molecule has 2 aromatic carbocycles. The summed E-state index contributed by atoms with van der Waals surface area (Å²) in [6.07, 6.45) is 5.68. The third-order valence-corrected chi connectivity index (χ3v) is 7.63. The number of anilines is 1. The van der Waals surface area contributed by atoms with Gasteiger partial charge in [-0.15, -0.1) is 0 Å². The third kappa shape index (κ3) is 3.64. The second-order valence-corrected chi connectivity index (χ2v) is 9.88. The Morgan fingerprint density at radius 2 is 1.97 bits per heavy atom. The number of pyridine rings is 1. The normalized spacial score (nSPS) is 24.7. The molecule has 3 heterocycles. The van der Waals surface area contributed by atoms with E-state index in [1.165, 1.54) is 11.1 Å². The lowest BCUT2D eigenvalue weighted by molar-refractivity contribution is -0.116. The van der Waals surface area contributed by atoms with Crippen molar-refractivity contribution in [3.8, 4) is 17.2 Å². The molecule has 8 heteroatoms. The molecular weight excluding hydrogens is 456 g/mol. The van der Waals surface area contributed by atoms with Gasteiger partial charge in [0.1, 0.15) is 29.2 Å². The van der Waals surface area contributed by atoms with Crippen LogP contribution in [0.15, 0.2) is 54.7 Å². The minimum atomic E-state index is -0.154. The first-order valence-corrected chi connectivity index (χ1v) is 12.5. The van der Waals surface area contributed by atoms with E-state index in [2.05, 4.69) is 39.1 Å². The zero-order chi connectivity index (χ0) is 24.2. The van der Waals surface area contributed by atoms with E-state index in [1.54, 1.807) is 6.20 Å². The molecule has 0 unspecified atom stereocenters. The smallest absolute Gasteiger partial charge is 0.315 e. The van der Waals surface area contributed by atoms with Crippen LogP contribution in [-0.2, 0) is 17.6 Å². The monoisotopic (exact) mass is 482 g/mol. The minimum Gasteiger partial charge on any atom is -0.487 e. The van der Waals surface area contributed by atoms with E-state index in [4.69, 9.17) is 9.47 Å². The Balaban J connectivity index is 1.03. The van der Waals surface area contributed by atoms with Crippen molar-refractivity contribution in [3.05, 3.63) is 77.0 Å². The van der Waals surface area contributed by atoms with Gasteiger partial charge in [-0.25, -0.2) is 9.78 Å². The number of carbonyl (C=O) groups excluding carboxylic acids is 2. The highest BCUT2D eigenvalue weighted by Gasteiger charge is 2.59. The lowest BCUT2D eigenvalue weighted by atomic mass is 9.88. The number of amides is 3. The summed E-state index contributed by atoms with van der Waals surface area (Å²) in [5, 5.41) is 9.10. The molecule has 182 valence electrons. The summed E-state index contributed by atoms with van der Waals surface area (Å²) in [5.41, 5.74) is 4.48. The van der Waals surface area contributed by atoms with E-state index < -0.39 is 0 Å². The maximum atomic E-state index is 12.8. The fourth-order valence-corrected chi connectivity index (χ4v) is 5.81. The maximum Gasteiger partial charge on any atom is 0.315 e. The number of benzene rings is 2. The van der Waals surface area contributed by atoms with E-state index >= 15 is 0 Å². The van der Waals surface area contributed by atoms with Crippen molar-refractivity contribution >= 4 is 17.8 Å². The first-order valence-electron chi connectivity index (χ1n) is 12.5. The molecule has 0 spiro atoms. The van der Waals surface area contributed by atoms with Crippen molar-refractivity contribution in [3.63, 3.8) is 0 Å². The number of aryl methyl sites for hydroxylation is 1. The SMILES string of the molecule is O=C1CCc2c(Oc3ccc4c(c3)[C@H]3[C@H](NC(=O)N[C@@H]5CCCc6ccccc65)[C@H]3O4)ccnc2N1. The van der Waals surface area contributed by atoms with Crippen LogP contribution in [0.5, 0.6) is 17.2 Å². The fourth-order valence-electron chi connectivity index (χ4n) is 5.81. The molecule has 36 heavy (non-hydrogen) atoms. The number of fused-ring (bicyclic) bond motifs is 5. The molecule has 0 radical (unpaired) electrons. The van der Waals surface area contributed by atoms with Gasteiger partial charge in [-0.3, -0.25) is 4.79 Å². The van der Waals surface area contributed by atoms with Crippen molar-refractivity contribution in [2.45, 2.75) is 56.2 Å². The van der Waals surface area contributed by atoms with Gasteiger partial charge in [0.15, 0.2) is 0 Å². The van der Waals surface area contributed by atoms with Gasteiger partial charge in [0.25, 0.3) is 0 Å². The van der Waals surface area contributed by atoms with Crippen LogP contribution in [0.2, 0.25) is 0 Å². The van der Waals surface area contributed by atoms with Gasteiger partial charge in [-0.2, -0.15) is 0 Å². The predicted molar refractivity (Wildman–Crippen MR) is 132 cm³/mol. The van der Waals surface area contributed by atoms with Crippen LogP contribution in [0.1, 0.15) is 53.5 Å². The first-order chi connectivity index (χ1) is 17.6. The van der Waals surface area contributed by atoms with Gasteiger partial charge in [0.05, 0.1) is 18.0 Å². The average Bonchev–Trinajstić information content (AvgIpc) is 3.40. The molecule has 1 fully saturated rings. The van der Waals surface area contributed by atoms with Crippen molar-refractivity contribution in [2.75, 3.05) is 5.32 Å². The number of urea groups is 1. The zero-order valence-corrected chi connectivity index (χ0v) is 19.6. The van der Waals surface area contributed by atoms with Crippen LogP contribution >= 0.6 is 0 Å². The van der Waals surface area contributed by atoms with Gasteiger partial charge >= 0.3 is 6.03 Å². The number of ether oxygens (including phenoxy) is 2. The first kappa shape index (κ1) is 21.2. The minimum absolute atomic E-state index is 0.0307. The summed E-state index contributed by atoms with van der Waals surface area (Å²) in [5.74, 6) is 2.85. The maximum absolute atomic E-state index is 12.8. The Hall–Kier alpha value is -4.07. The molecule has 1 saturated carbocycles. The second-order valence-electron chi connectivity index (χ2n) is 9.88. The van der Waals surface area contributed by atoms with Crippen LogP contribution in [-0.4, -0.2) is 29.1 Å². The fraction of sp³-hybridized carbons (Fsp3) is 0.321. The lowest BCUT2D eigenvalue weighted by Crippen LogP contribution is -2.41. The predicted octanol–water partition coefficient (Wildman–Crippen LogP) is 4.36. The molecule has 3 aromatic rings. The van der Waals surface area contributed by atoms with Crippen LogP contribution < -0.4 is 25.4 Å². The number of nitrogens with one attached hydrogen (secondary N) is 3. The number of rotatable bonds is 4. The van der Waals surface area contributed by atoms with Gasteiger partial charge in [0.2, 0.25) is 5.91 Å². The van der Waals surface area contributed by atoms with Crippen LogP contribution in [0.25, 0.3) is 0 Å². The van der Waals surface area contributed by atoms with Crippen molar-refractivity contribution in [1.29, 1.82) is 0 Å². The van der Waals surface area contributed by atoms with Crippen LogP contribution in [0.3, 0.4) is 0 Å². The molecule has 7 rings (SSSR count). The molecule has 2 aliphatic heterocycles. The van der Waals surface area contributed by atoms with Crippen molar-refractivity contribution in [2.24, 2.45) is 0 Å².